The smallest absolute Gasteiger partial charge is 0.302 e. The van der Waals surface area contributed by atoms with Crippen molar-refractivity contribution in [2.24, 2.45) is 0 Å². The van der Waals surface area contributed by atoms with Crippen molar-refractivity contribution in [3.05, 3.63) is 150 Å². The molecule has 8 rings (SSSR count). The zero-order valence-corrected chi connectivity index (χ0v) is 33.5. The van der Waals surface area contributed by atoms with Crippen LogP contribution in [-0.4, -0.2) is 52.3 Å². The number of hydrogen-bond donors (Lipinski definition) is 3. The lowest BCUT2D eigenvalue weighted by molar-refractivity contribution is -0.387. The molecule has 4 aromatic carbocycles. The molecule has 4 aliphatic rings. The van der Waals surface area contributed by atoms with Gasteiger partial charge in [0.2, 0.25) is 0 Å². The summed E-state index contributed by atoms with van der Waals surface area (Å²) in [5, 5.41) is 26.5. The summed E-state index contributed by atoms with van der Waals surface area (Å²) < 4.78 is 89.3. The van der Waals surface area contributed by atoms with Crippen molar-refractivity contribution in [1.29, 1.82) is 0 Å². The summed E-state index contributed by atoms with van der Waals surface area (Å²) in [4.78, 5) is 34.3. The van der Waals surface area contributed by atoms with Gasteiger partial charge in [-0.3, -0.25) is 20.2 Å². The molecule has 21 heteroatoms. The first-order valence-corrected chi connectivity index (χ1v) is 19.3. The van der Waals surface area contributed by atoms with Crippen LogP contribution >= 0.6 is 0 Å². The summed E-state index contributed by atoms with van der Waals surface area (Å²) >= 11 is 0. The van der Waals surface area contributed by atoms with Gasteiger partial charge in [-0.15, -0.1) is 0 Å². The highest BCUT2D eigenvalue weighted by Crippen LogP contribution is 2.45. The first kappa shape index (κ1) is 47.4. The minimum absolute atomic E-state index is 0.0469. The first-order chi connectivity index (χ1) is 30.1. The van der Waals surface area contributed by atoms with E-state index in [-0.39, 0.29) is 73.4 Å². The molecule has 3 saturated carbocycles. The second-order valence-electron chi connectivity index (χ2n) is 15.3. The van der Waals surface area contributed by atoms with Crippen LogP contribution in [0.1, 0.15) is 50.5 Å². The quantitative estimate of drug-likeness (QED) is 0.0544. The fourth-order valence-electron chi connectivity index (χ4n) is 7.18. The summed E-state index contributed by atoms with van der Waals surface area (Å²) in [5.41, 5.74) is 9.53. The largest absolute Gasteiger partial charge is 0.397 e. The van der Waals surface area contributed by atoms with E-state index < -0.39 is 45.2 Å². The number of aryl methyl sites for hydroxylation is 1. The summed E-state index contributed by atoms with van der Waals surface area (Å²) in [6.07, 6.45) is 0.866. The number of nitrogens with one attached hydrogen (secondary N) is 2. The number of nitro groups is 2. The van der Waals surface area contributed by atoms with Gasteiger partial charge in [0.05, 0.1) is 41.8 Å². The monoisotopic (exact) mass is 890 g/mol. The molecule has 0 spiro atoms. The molecule has 4 N–H and O–H groups in total. The molecule has 1 heterocycles. The maximum absolute atomic E-state index is 13.0. The van der Waals surface area contributed by atoms with E-state index in [0.29, 0.717) is 22.7 Å². The maximum Gasteiger partial charge on any atom is 0.302 e. The van der Waals surface area contributed by atoms with Crippen LogP contribution in [0.4, 0.5) is 87.6 Å². The molecule has 0 bridgehead atoms. The number of halogens is 7. The van der Waals surface area contributed by atoms with Crippen molar-refractivity contribution in [1.82, 2.24) is 0 Å². The van der Waals surface area contributed by atoms with Crippen molar-refractivity contribution in [2.45, 2.75) is 87.3 Å². The van der Waals surface area contributed by atoms with E-state index in [1.165, 1.54) is 29.8 Å². The average Bonchev–Trinajstić information content (AvgIpc) is 3.22. The second kappa shape index (κ2) is 19.6. The normalized spacial score (nSPS) is 17.5. The maximum atomic E-state index is 13.0. The number of nitrogens with two attached hydrogens (primary N) is 1. The lowest BCUT2D eigenvalue weighted by atomic mass is 9.85. The molecule has 14 nitrogen and oxygen atoms in total. The van der Waals surface area contributed by atoms with E-state index >= 15 is 0 Å². The molecule has 1 aliphatic heterocycles. The van der Waals surface area contributed by atoms with Gasteiger partial charge < -0.3 is 21.3 Å². The van der Waals surface area contributed by atoms with Crippen molar-refractivity contribution < 1.29 is 40.6 Å². The molecular weight excluding hydrogens is 854 g/mol. The van der Waals surface area contributed by atoms with E-state index in [9.17, 15) is 51.0 Å². The third-order valence-electron chi connectivity index (χ3n) is 10.5. The summed E-state index contributed by atoms with van der Waals surface area (Å²) in [6, 6.07) is 16.5. The van der Waals surface area contributed by atoms with Crippen molar-refractivity contribution in [3.63, 3.8) is 0 Å². The minimum atomic E-state index is -2.69. The number of nitrogens with zero attached hydrogens (tertiary/aromatic N) is 7. The van der Waals surface area contributed by atoms with Crippen molar-refractivity contribution in [3.8, 4) is 0 Å². The van der Waals surface area contributed by atoms with Crippen LogP contribution in [-0.2, 0) is 6.42 Å². The Labute approximate surface area is 362 Å². The van der Waals surface area contributed by atoms with Gasteiger partial charge in [0, 0.05) is 86.7 Å². The number of alkyl halides is 6. The van der Waals surface area contributed by atoms with Crippen LogP contribution in [0.3, 0.4) is 0 Å². The van der Waals surface area contributed by atoms with Gasteiger partial charge in [-0.2, -0.15) is 0 Å². The molecule has 64 heavy (non-hydrogen) atoms. The third-order valence-corrected chi connectivity index (χ3v) is 10.5. The predicted octanol–water partition coefficient (Wildman–Crippen LogP) is 12.5. The highest BCUT2D eigenvalue weighted by atomic mass is 19.3. The Morgan fingerprint density at radius 3 is 1.55 bits per heavy atom. The molecule has 0 radical (unpaired) electrons. The standard InChI is InChI=1S/C14H14F2N2.C11H9F2N3O2.C11H11F2N3.C7H3FN2O2/c1-17-11-5-4-10-3-2-6-18(13(10)7-11)12-8-14(15,16)9-12;1-14-7-2-3-10(16(17)18)9(4-7)15-8-5-11(12,13)6-8;1-15-7-2-3-9(14)10(4-7)16-8-5-11(12,13)6-8;1-9-5-2-3-7(10(11)12)6(8)4-5/h4-5,7,12H,2-3,6,8-9H2;2-4,8,15H,5-6H2;2-4,8,16H,5-6,14H2;2-4H. The zero-order valence-electron chi connectivity index (χ0n) is 33.5. The zero-order chi connectivity index (χ0) is 47.0. The molecule has 0 atom stereocenters. The lowest BCUT2D eigenvalue weighted by Crippen LogP contribution is -2.52. The van der Waals surface area contributed by atoms with Gasteiger partial charge in [0.15, 0.2) is 28.6 Å². The van der Waals surface area contributed by atoms with Crippen molar-refractivity contribution in [2.75, 3.05) is 27.8 Å². The molecule has 3 fully saturated rings. The molecule has 0 unspecified atom stereocenters. The van der Waals surface area contributed by atoms with E-state index in [4.69, 9.17) is 32.0 Å². The van der Waals surface area contributed by atoms with Crippen LogP contribution in [0.2, 0.25) is 0 Å². The highest BCUT2D eigenvalue weighted by Gasteiger charge is 2.49. The summed E-state index contributed by atoms with van der Waals surface area (Å²) in [5.74, 6) is -8.71. The fourth-order valence-corrected chi connectivity index (χ4v) is 7.18. The fraction of sp³-hybridized carbons (Fsp3) is 0.349. The van der Waals surface area contributed by atoms with Crippen LogP contribution < -0.4 is 21.3 Å². The topological polar surface area (TPSA) is 157 Å². The molecule has 0 amide bonds. The molecule has 0 saturated heterocycles. The van der Waals surface area contributed by atoms with Gasteiger partial charge in [0.25, 0.3) is 23.5 Å². The van der Waals surface area contributed by atoms with Crippen LogP contribution in [0, 0.1) is 52.3 Å². The van der Waals surface area contributed by atoms with Crippen LogP contribution in [0.25, 0.3) is 19.4 Å². The number of nitrogen functional groups attached to an aromatic ring is 1. The van der Waals surface area contributed by atoms with Gasteiger partial charge in [-0.25, -0.2) is 50.1 Å². The number of nitro benzene ring substituents is 2. The number of hydrogen-bond acceptors (Lipinski definition) is 8. The Bertz CT molecular complexity index is 2560. The molecule has 332 valence electrons. The average molecular weight is 891 g/mol. The molecule has 0 aromatic heterocycles. The lowest BCUT2D eigenvalue weighted by Gasteiger charge is -2.46. The minimum Gasteiger partial charge on any atom is -0.397 e. The Balaban J connectivity index is 0.000000162. The Hall–Kier alpha value is -7.65. The first-order valence-electron chi connectivity index (χ1n) is 19.3. The van der Waals surface area contributed by atoms with Crippen LogP contribution in [0.5, 0.6) is 0 Å². The Morgan fingerprint density at radius 1 is 0.625 bits per heavy atom. The molecule has 3 aliphatic carbocycles. The number of benzene rings is 4. The predicted molar refractivity (Wildman–Crippen MR) is 225 cm³/mol. The van der Waals surface area contributed by atoms with Crippen LogP contribution in [0.15, 0.2) is 72.8 Å². The van der Waals surface area contributed by atoms with Gasteiger partial charge in [-0.1, -0.05) is 18.2 Å². The number of anilines is 4. The van der Waals surface area contributed by atoms with E-state index in [1.807, 2.05) is 18.2 Å². The van der Waals surface area contributed by atoms with Crippen molar-refractivity contribution >= 4 is 56.9 Å². The molecular formula is C43H37F7N10O4. The van der Waals surface area contributed by atoms with E-state index in [1.54, 1.807) is 18.2 Å². The SMILES string of the molecule is [C-]#[N+]c1ccc(N)c(NC2CC(F)(F)C2)c1.[C-]#[N+]c1ccc([N+](=O)[O-])c(F)c1.[C-]#[N+]c1ccc([N+](=O)[O-])c(NC2CC(F)(F)C2)c1.[C-]#[N+]c1ccc2c(c1)N(C1CC(F)(F)C1)CCC2. The molecule has 4 aromatic rings. The van der Waals surface area contributed by atoms with E-state index in [0.717, 1.165) is 37.2 Å². The van der Waals surface area contributed by atoms with Gasteiger partial charge >= 0.3 is 5.69 Å². The Morgan fingerprint density at radius 2 is 1.06 bits per heavy atom. The Kier molecular flexibility index (Phi) is 14.5. The highest BCUT2D eigenvalue weighted by molar-refractivity contribution is 5.73. The van der Waals surface area contributed by atoms with Gasteiger partial charge in [-0.05, 0) is 60.9 Å². The van der Waals surface area contributed by atoms with Gasteiger partial charge in [0.1, 0.15) is 5.69 Å². The van der Waals surface area contributed by atoms with E-state index in [2.05, 4.69) is 34.9 Å². The number of fused-ring (bicyclic) bond motifs is 1. The summed E-state index contributed by atoms with van der Waals surface area (Å²) in [6.45, 7) is 28.1. The second-order valence-corrected chi connectivity index (χ2v) is 15.3. The summed E-state index contributed by atoms with van der Waals surface area (Å²) in [7, 11) is 0. The third kappa shape index (κ3) is 12.3. The number of rotatable bonds is 7.